The maximum absolute atomic E-state index is 12.7. The van der Waals surface area contributed by atoms with E-state index in [1.54, 1.807) is 6.07 Å². The number of carbonyl (C=O) groups excluding carboxylic acids is 1. The number of hydrogen-bond donors (Lipinski definition) is 1. The average Bonchev–Trinajstić information content (AvgIpc) is 3.03. The highest BCUT2D eigenvalue weighted by atomic mass is 19.4. The van der Waals surface area contributed by atoms with Crippen LogP contribution < -0.4 is 10.3 Å². The first-order chi connectivity index (χ1) is 11.8. The first-order valence-corrected chi connectivity index (χ1v) is 7.51. The number of pyridine rings is 2. The van der Waals surface area contributed by atoms with Gasteiger partial charge >= 0.3 is 6.18 Å². The first-order valence-electron chi connectivity index (χ1n) is 7.51. The Kier molecular flexibility index (Phi) is 4.47. The number of nitrogens with zero attached hydrogens (tertiary/aromatic N) is 2. The minimum Gasteiger partial charge on any atom is -0.472 e. The number of H-pyrrole nitrogens is 1. The van der Waals surface area contributed by atoms with Crippen molar-refractivity contribution in [2.24, 2.45) is 0 Å². The highest BCUT2D eigenvalue weighted by molar-refractivity contribution is 5.94. The van der Waals surface area contributed by atoms with Crippen molar-refractivity contribution in [3.63, 3.8) is 0 Å². The topological polar surface area (TPSA) is 75.3 Å². The van der Waals surface area contributed by atoms with Crippen molar-refractivity contribution < 1.29 is 22.7 Å². The van der Waals surface area contributed by atoms with E-state index < -0.39 is 29.3 Å². The van der Waals surface area contributed by atoms with E-state index >= 15 is 0 Å². The maximum atomic E-state index is 12.7. The second-order valence-electron chi connectivity index (χ2n) is 5.57. The third kappa shape index (κ3) is 3.81. The molecule has 2 aromatic rings. The fraction of sp³-hybridized carbons (Fsp3) is 0.312. The van der Waals surface area contributed by atoms with Gasteiger partial charge in [-0.1, -0.05) is 0 Å². The minimum atomic E-state index is -4.48. The van der Waals surface area contributed by atoms with Crippen molar-refractivity contribution in [2.45, 2.75) is 18.7 Å². The quantitative estimate of drug-likeness (QED) is 0.917. The molecule has 3 rings (SSSR count). The summed E-state index contributed by atoms with van der Waals surface area (Å²) < 4.78 is 43.6. The van der Waals surface area contributed by atoms with Gasteiger partial charge in [0, 0.05) is 31.4 Å². The normalized spacial score (nSPS) is 17.6. The Morgan fingerprint density at radius 2 is 2.16 bits per heavy atom. The Labute approximate surface area is 140 Å². The molecule has 3 heterocycles. The van der Waals surface area contributed by atoms with E-state index in [9.17, 15) is 22.8 Å². The molecule has 1 aliphatic rings. The third-order valence-corrected chi connectivity index (χ3v) is 3.83. The van der Waals surface area contributed by atoms with Gasteiger partial charge in [-0.25, -0.2) is 4.98 Å². The number of alkyl halides is 3. The van der Waals surface area contributed by atoms with Gasteiger partial charge in [-0.3, -0.25) is 9.59 Å². The molecule has 6 nitrogen and oxygen atoms in total. The summed E-state index contributed by atoms with van der Waals surface area (Å²) in [6, 6.07) is 4.65. The van der Waals surface area contributed by atoms with Crippen LogP contribution in [0.15, 0.2) is 41.5 Å². The van der Waals surface area contributed by atoms with E-state index in [2.05, 4.69) is 9.97 Å². The summed E-state index contributed by atoms with van der Waals surface area (Å²) in [4.78, 5) is 31.6. The number of ether oxygens (including phenoxy) is 1. The van der Waals surface area contributed by atoms with Crippen molar-refractivity contribution in [1.82, 2.24) is 14.9 Å². The number of hydrogen-bond acceptors (Lipinski definition) is 4. The van der Waals surface area contributed by atoms with Crippen LogP contribution in [-0.2, 0) is 6.18 Å². The SMILES string of the molecule is O=C(c1ccc[nH]c1=O)N1CC[C@H](Oc2cc(C(F)(F)F)ccn2)C1. The molecule has 1 aliphatic heterocycles. The van der Waals surface area contributed by atoms with Crippen LogP contribution in [0.3, 0.4) is 0 Å². The highest BCUT2D eigenvalue weighted by Gasteiger charge is 2.32. The van der Waals surface area contributed by atoms with Crippen molar-refractivity contribution in [2.75, 3.05) is 13.1 Å². The Morgan fingerprint density at radius 1 is 1.36 bits per heavy atom. The molecule has 9 heteroatoms. The number of aromatic amines is 1. The molecule has 25 heavy (non-hydrogen) atoms. The molecule has 2 aromatic heterocycles. The van der Waals surface area contributed by atoms with Gasteiger partial charge in [-0.05, 0) is 18.2 Å². The zero-order valence-electron chi connectivity index (χ0n) is 12.9. The predicted molar refractivity (Wildman–Crippen MR) is 81.2 cm³/mol. The Hall–Kier alpha value is -2.84. The van der Waals surface area contributed by atoms with Gasteiger partial charge in [0.05, 0.1) is 12.1 Å². The number of nitrogens with one attached hydrogen (secondary N) is 1. The monoisotopic (exact) mass is 353 g/mol. The molecule has 0 bridgehead atoms. The van der Waals surface area contributed by atoms with Crippen molar-refractivity contribution in [1.29, 1.82) is 0 Å². The van der Waals surface area contributed by atoms with Crippen LogP contribution in [0.4, 0.5) is 13.2 Å². The molecular weight excluding hydrogens is 339 g/mol. The van der Waals surface area contributed by atoms with Crippen LogP contribution in [0, 0.1) is 0 Å². The number of halogens is 3. The molecule has 1 saturated heterocycles. The van der Waals surface area contributed by atoms with Crippen LogP contribution in [-0.4, -0.2) is 40.0 Å². The molecule has 132 valence electrons. The fourth-order valence-electron chi connectivity index (χ4n) is 2.59. The highest BCUT2D eigenvalue weighted by Crippen LogP contribution is 2.31. The van der Waals surface area contributed by atoms with Gasteiger partial charge in [0.1, 0.15) is 11.7 Å². The summed E-state index contributed by atoms with van der Waals surface area (Å²) in [6.45, 7) is 0.516. The lowest BCUT2D eigenvalue weighted by atomic mass is 10.2. The summed E-state index contributed by atoms with van der Waals surface area (Å²) in [5.41, 5.74) is -1.32. The molecule has 1 N–H and O–H groups in total. The average molecular weight is 353 g/mol. The number of amides is 1. The lowest BCUT2D eigenvalue weighted by Crippen LogP contribution is -2.34. The van der Waals surface area contributed by atoms with Gasteiger partial charge in [-0.2, -0.15) is 13.2 Å². The van der Waals surface area contributed by atoms with Crippen molar-refractivity contribution >= 4 is 5.91 Å². The van der Waals surface area contributed by atoms with E-state index in [4.69, 9.17) is 4.74 Å². The predicted octanol–water partition coefficient (Wildman–Crippen LogP) is 2.08. The van der Waals surface area contributed by atoms with E-state index in [1.165, 1.54) is 17.2 Å². The lowest BCUT2D eigenvalue weighted by molar-refractivity contribution is -0.137. The molecule has 0 aromatic carbocycles. The smallest absolute Gasteiger partial charge is 0.416 e. The van der Waals surface area contributed by atoms with Gasteiger partial charge in [0.25, 0.3) is 11.5 Å². The van der Waals surface area contributed by atoms with E-state index in [0.29, 0.717) is 13.0 Å². The van der Waals surface area contributed by atoms with Crippen LogP contribution in [0.5, 0.6) is 5.88 Å². The van der Waals surface area contributed by atoms with Crippen molar-refractivity contribution in [3.8, 4) is 5.88 Å². The van der Waals surface area contributed by atoms with E-state index in [1.807, 2.05) is 0 Å². The summed E-state index contributed by atoms with van der Waals surface area (Å²) in [6.07, 6.45) is -2.07. The summed E-state index contributed by atoms with van der Waals surface area (Å²) >= 11 is 0. The van der Waals surface area contributed by atoms with Crippen LogP contribution in [0.1, 0.15) is 22.3 Å². The summed E-state index contributed by atoms with van der Waals surface area (Å²) in [7, 11) is 0. The van der Waals surface area contributed by atoms with Gasteiger partial charge in [0.15, 0.2) is 0 Å². The standard InChI is InChI=1S/C16H14F3N3O3/c17-16(18,19)10-3-6-20-13(8-10)25-11-4-7-22(9-11)15(24)12-2-1-5-21-14(12)23/h1-3,5-6,8,11H,4,7,9H2,(H,21,23)/t11-/m0/s1. The Morgan fingerprint density at radius 3 is 2.88 bits per heavy atom. The fourth-order valence-corrected chi connectivity index (χ4v) is 2.59. The number of rotatable bonds is 3. The van der Waals surface area contributed by atoms with E-state index in [0.717, 1.165) is 18.3 Å². The number of likely N-dealkylation sites (tertiary alicyclic amines) is 1. The molecule has 0 radical (unpaired) electrons. The van der Waals surface area contributed by atoms with E-state index in [-0.39, 0.29) is 18.0 Å². The van der Waals surface area contributed by atoms with Crippen molar-refractivity contribution in [3.05, 3.63) is 58.1 Å². The summed E-state index contributed by atoms with van der Waals surface area (Å²) in [5.74, 6) is -0.586. The molecule has 0 saturated carbocycles. The van der Waals surface area contributed by atoms with Crippen LogP contribution in [0.25, 0.3) is 0 Å². The van der Waals surface area contributed by atoms with Gasteiger partial charge < -0.3 is 14.6 Å². The van der Waals surface area contributed by atoms with Crippen LogP contribution in [0.2, 0.25) is 0 Å². The Bertz CT molecular complexity index is 835. The third-order valence-electron chi connectivity index (χ3n) is 3.83. The maximum Gasteiger partial charge on any atom is 0.416 e. The molecule has 1 amide bonds. The summed E-state index contributed by atoms with van der Waals surface area (Å²) in [5, 5.41) is 0. The number of aromatic nitrogens is 2. The molecular formula is C16H14F3N3O3. The molecule has 0 aliphatic carbocycles. The van der Waals surface area contributed by atoms with Gasteiger partial charge in [0.2, 0.25) is 5.88 Å². The number of carbonyl (C=O) groups is 1. The molecule has 1 fully saturated rings. The second-order valence-corrected chi connectivity index (χ2v) is 5.57. The lowest BCUT2D eigenvalue weighted by Gasteiger charge is -2.17. The van der Waals surface area contributed by atoms with Gasteiger partial charge in [-0.15, -0.1) is 0 Å². The zero-order chi connectivity index (χ0) is 18.0. The molecule has 0 unspecified atom stereocenters. The Balaban J connectivity index is 1.67. The first kappa shape index (κ1) is 17.0. The largest absolute Gasteiger partial charge is 0.472 e. The van der Waals surface area contributed by atoms with Crippen LogP contribution >= 0.6 is 0 Å². The molecule has 1 atom stereocenters. The second kappa shape index (κ2) is 6.58. The molecule has 0 spiro atoms. The minimum absolute atomic E-state index is 0.0142. The zero-order valence-corrected chi connectivity index (χ0v) is 12.9.